The van der Waals surface area contributed by atoms with Crippen molar-refractivity contribution in [2.75, 3.05) is 6.54 Å². The van der Waals surface area contributed by atoms with Gasteiger partial charge in [0.25, 0.3) is 5.91 Å². The van der Waals surface area contributed by atoms with Crippen molar-refractivity contribution in [3.63, 3.8) is 0 Å². The molecular weight excluding hydrogens is 320 g/mol. The van der Waals surface area contributed by atoms with Gasteiger partial charge in [-0.05, 0) is 37.5 Å². The third-order valence-corrected chi connectivity index (χ3v) is 4.63. The Hall–Kier alpha value is -1.36. The van der Waals surface area contributed by atoms with Gasteiger partial charge in [-0.25, -0.2) is 0 Å². The van der Waals surface area contributed by atoms with Crippen LogP contribution in [0.4, 0.5) is 0 Å². The molecule has 2 amide bonds. The first-order valence-corrected chi connectivity index (χ1v) is 7.64. The number of benzene rings is 1. The molecule has 1 fully saturated rings. The van der Waals surface area contributed by atoms with Gasteiger partial charge in [0, 0.05) is 16.1 Å². The second-order valence-electron chi connectivity index (χ2n) is 5.30. The van der Waals surface area contributed by atoms with Crippen LogP contribution in [0, 0.1) is 6.92 Å². The number of rotatable bonds is 4. The van der Waals surface area contributed by atoms with Crippen LogP contribution in [0.25, 0.3) is 0 Å². The lowest BCUT2D eigenvalue weighted by molar-refractivity contribution is -0.119. The highest BCUT2D eigenvalue weighted by Gasteiger charge is 2.28. The lowest BCUT2D eigenvalue weighted by Gasteiger charge is -2.28. The Labute approximate surface area is 127 Å². The SMILES string of the molecule is Cc1ccc(C(=O)N(CC(N)=O)C2CCCC2)cc1Br. The fourth-order valence-electron chi connectivity index (χ4n) is 2.64. The van der Waals surface area contributed by atoms with Gasteiger partial charge in [-0.2, -0.15) is 0 Å². The van der Waals surface area contributed by atoms with Crippen molar-refractivity contribution in [1.82, 2.24) is 4.90 Å². The van der Waals surface area contributed by atoms with E-state index in [1.807, 2.05) is 13.0 Å². The molecule has 0 radical (unpaired) electrons. The van der Waals surface area contributed by atoms with Crippen molar-refractivity contribution in [2.24, 2.45) is 5.73 Å². The average Bonchev–Trinajstić information content (AvgIpc) is 2.92. The van der Waals surface area contributed by atoms with Crippen LogP contribution in [-0.2, 0) is 4.79 Å². The summed E-state index contributed by atoms with van der Waals surface area (Å²) in [5.74, 6) is -0.576. The molecule has 1 aromatic rings. The smallest absolute Gasteiger partial charge is 0.254 e. The van der Waals surface area contributed by atoms with Gasteiger partial charge in [0.05, 0.1) is 6.54 Å². The number of nitrogens with two attached hydrogens (primary N) is 1. The van der Waals surface area contributed by atoms with Crippen molar-refractivity contribution in [3.8, 4) is 0 Å². The lowest BCUT2D eigenvalue weighted by Crippen LogP contribution is -2.44. The molecule has 5 heteroatoms. The van der Waals surface area contributed by atoms with E-state index in [2.05, 4.69) is 15.9 Å². The number of hydrogen-bond donors (Lipinski definition) is 1. The standard InChI is InChI=1S/C15H19BrN2O2/c1-10-6-7-11(8-13(10)16)15(20)18(9-14(17)19)12-4-2-3-5-12/h6-8,12H,2-5,9H2,1H3,(H2,17,19). The first kappa shape index (κ1) is 15.0. The molecule has 0 unspecified atom stereocenters. The minimum absolute atomic E-state index is 0.00496. The summed E-state index contributed by atoms with van der Waals surface area (Å²) in [5, 5.41) is 0. The molecule has 0 aliphatic heterocycles. The summed E-state index contributed by atoms with van der Waals surface area (Å²) in [6, 6.07) is 5.63. The van der Waals surface area contributed by atoms with Gasteiger partial charge in [-0.3, -0.25) is 9.59 Å². The number of carbonyl (C=O) groups is 2. The lowest BCUT2D eigenvalue weighted by atomic mass is 10.1. The summed E-state index contributed by atoms with van der Waals surface area (Å²) in [6.45, 7) is 1.96. The van der Waals surface area contributed by atoms with Gasteiger partial charge in [0.1, 0.15) is 0 Å². The van der Waals surface area contributed by atoms with Gasteiger partial charge in [0.15, 0.2) is 0 Å². The fourth-order valence-corrected chi connectivity index (χ4v) is 3.02. The molecule has 0 aromatic heterocycles. The monoisotopic (exact) mass is 338 g/mol. The van der Waals surface area contributed by atoms with E-state index in [1.54, 1.807) is 17.0 Å². The molecule has 2 N–H and O–H groups in total. The van der Waals surface area contributed by atoms with Crippen LogP contribution < -0.4 is 5.73 Å². The Morgan fingerprint density at radius 1 is 1.35 bits per heavy atom. The number of aryl methyl sites for hydroxylation is 1. The van der Waals surface area contributed by atoms with Crippen molar-refractivity contribution in [1.29, 1.82) is 0 Å². The molecule has 1 aliphatic rings. The van der Waals surface area contributed by atoms with E-state index in [9.17, 15) is 9.59 Å². The number of halogens is 1. The molecule has 108 valence electrons. The molecular formula is C15H19BrN2O2. The quantitative estimate of drug-likeness (QED) is 0.917. The maximum absolute atomic E-state index is 12.6. The van der Waals surface area contributed by atoms with E-state index in [0.717, 1.165) is 35.7 Å². The van der Waals surface area contributed by atoms with Gasteiger partial charge < -0.3 is 10.6 Å². The van der Waals surface area contributed by atoms with Crippen LogP contribution in [0.5, 0.6) is 0 Å². The zero-order chi connectivity index (χ0) is 14.7. The van der Waals surface area contributed by atoms with Gasteiger partial charge in [0.2, 0.25) is 5.91 Å². The Balaban J connectivity index is 2.24. The molecule has 1 aliphatic carbocycles. The van der Waals surface area contributed by atoms with Crippen LogP contribution >= 0.6 is 15.9 Å². The zero-order valence-electron chi connectivity index (χ0n) is 11.6. The molecule has 0 heterocycles. The largest absolute Gasteiger partial charge is 0.368 e. The first-order valence-electron chi connectivity index (χ1n) is 6.84. The number of primary amides is 1. The third-order valence-electron chi connectivity index (χ3n) is 3.77. The number of nitrogens with zero attached hydrogens (tertiary/aromatic N) is 1. The maximum atomic E-state index is 12.6. The maximum Gasteiger partial charge on any atom is 0.254 e. The number of hydrogen-bond acceptors (Lipinski definition) is 2. The molecule has 1 saturated carbocycles. The molecule has 2 rings (SSSR count). The summed E-state index contributed by atoms with van der Waals surface area (Å²) in [4.78, 5) is 25.5. The normalized spacial score (nSPS) is 15.3. The van der Waals surface area contributed by atoms with E-state index in [-0.39, 0.29) is 18.5 Å². The van der Waals surface area contributed by atoms with Crippen LogP contribution in [0.2, 0.25) is 0 Å². The van der Waals surface area contributed by atoms with E-state index in [4.69, 9.17) is 5.73 Å². The molecule has 0 spiro atoms. The van der Waals surface area contributed by atoms with Crippen LogP contribution in [0.15, 0.2) is 22.7 Å². The molecule has 0 atom stereocenters. The van der Waals surface area contributed by atoms with Crippen molar-refractivity contribution in [3.05, 3.63) is 33.8 Å². The minimum atomic E-state index is -0.462. The molecule has 1 aromatic carbocycles. The van der Waals surface area contributed by atoms with Gasteiger partial charge in [-0.15, -0.1) is 0 Å². The predicted molar refractivity (Wildman–Crippen MR) is 81.4 cm³/mol. The summed E-state index contributed by atoms with van der Waals surface area (Å²) >= 11 is 3.44. The van der Waals surface area contributed by atoms with Crippen molar-refractivity contribution in [2.45, 2.75) is 38.6 Å². The Kier molecular flexibility index (Phi) is 4.81. The Morgan fingerprint density at radius 3 is 2.55 bits per heavy atom. The summed E-state index contributed by atoms with van der Waals surface area (Å²) < 4.78 is 0.897. The zero-order valence-corrected chi connectivity index (χ0v) is 13.1. The molecule has 0 bridgehead atoms. The van der Waals surface area contributed by atoms with E-state index < -0.39 is 5.91 Å². The van der Waals surface area contributed by atoms with Crippen molar-refractivity contribution < 1.29 is 9.59 Å². The van der Waals surface area contributed by atoms with Crippen LogP contribution in [0.1, 0.15) is 41.6 Å². The summed E-state index contributed by atoms with van der Waals surface area (Å²) in [7, 11) is 0. The number of carbonyl (C=O) groups excluding carboxylic acids is 2. The molecule has 20 heavy (non-hydrogen) atoms. The number of amides is 2. The summed E-state index contributed by atoms with van der Waals surface area (Å²) in [6.07, 6.45) is 4.10. The third kappa shape index (κ3) is 3.39. The van der Waals surface area contributed by atoms with Gasteiger partial charge in [-0.1, -0.05) is 34.8 Å². The highest BCUT2D eigenvalue weighted by Crippen LogP contribution is 2.26. The minimum Gasteiger partial charge on any atom is -0.368 e. The average molecular weight is 339 g/mol. The molecule has 4 nitrogen and oxygen atoms in total. The Bertz CT molecular complexity index is 525. The summed E-state index contributed by atoms with van der Waals surface area (Å²) in [5.41, 5.74) is 6.95. The van der Waals surface area contributed by atoms with Crippen LogP contribution in [0.3, 0.4) is 0 Å². The van der Waals surface area contributed by atoms with E-state index >= 15 is 0 Å². The Morgan fingerprint density at radius 2 is 2.00 bits per heavy atom. The van der Waals surface area contributed by atoms with Crippen LogP contribution in [-0.4, -0.2) is 29.3 Å². The highest BCUT2D eigenvalue weighted by atomic mass is 79.9. The molecule has 0 saturated heterocycles. The van der Waals surface area contributed by atoms with E-state index in [0.29, 0.717) is 5.56 Å². The second kappa shape index (κ2) is 6.39. The first-order chi connectivity index (χ1) is 9.49. The highest BCUT2D eigenvalue weighted by molar-refractivity contribution is 9.10. The van der Waals surface area contributed by atoms with Gasteiger partial charge >= 0.3 is 0 Å². The van der Waals surface area contributed by atoms with E-state index in [1.165, 1.54) is 0 Å². The predicted octanol–water partition coefficient (Wildman–Crippen LogP) is 2.63. The fraction of sp³-hybridized carbons (Fsp3) is 0.467. The topological polar surface area (TPSA) is 63.4 Å². The second-order valence-corrected chi connectivity index (χ2v) is 6.16. The van der Waals surface area contributed by atoms with Crippen molar-refractivity contribution >= 4 is 27.7 Å².